The van der Waals surface area contributed by atoms with Gasteiger partial charge in [-0.25, -0.2) is 0 Å². The van der Waals surface area contributed by atoms with Crippen molar-refractivity contribution in [3.8, 4) is 39.1 Å². The fourth-order valence-corrected chi connectivity index (χ4v) is 10.2. The lowest BCUT2D eigenvalue weighted by Crippen LogP contribution is -2.26. The molecule has 12 rings (SSSR count). The van der Waals surface area contributed by atoms with Crippen LogP contribution in [0.3, 0.4) is 0 Å². The van der Waals surface area contributed by atoms with Crippen LogP contribution in [0.2, 0.25) is 0 Å². The predicted molar refractivity (Wildman–Crippen MR) is 210 cm³/mol. The maximum absolute atomic E-state index is 2.57. The Labute approximate surface area is 296 Å². The van der Waals surface area contributed by atoms with Crippen LogP contribution in [0.4, 0.5) is 0 Å². The summed E-state index contributed by atoms with van der Waals surface area (Å²) in [6.07, 6.45) is 0. The van der Waals surface area contributed by atoms with Crippen LogP contribution in [0.25, 0.3) is 60.9 Å². The number of rotatable bonds is 2. The van der Waals surface area contributed by atoms with Gasteiger partial charge in [0.25, 0.3) is 0 Å². The molecule has 0 atom stereocenters. The van der Waals surface area contributed by atoms with E-state index in [0.29, 0.717) is 0 Å². The molecule has 0 unspecified atom stereocenters. The molecule has 0 fully saturated rings. The predicted octanol–water partition coefficient (Wildman–Crippen LogP) is 12.3. The van der Waals surface area contributed by atoms with Crippen LogP contribution in [-0.2, 0) is 5.41 Å². The minimum absolute atomic E-state index is 0.184. The fraction of sp³-hybridized carbons (Fsp3) is 0.0400. The number of hydrogen-bond acceptors (Lipinski definition) is 0. The second-order valence-electron chi connectivity index (χ2n) is 14.4. The molecule has 0 bridgehead atoms. The Bertz CT molecular complexity index is 2790. The van der Waals surface area contributed by atoms with Crippen LogP contribution in [0.5, 0.6) is 0 Å². The van der Waals surface area contributed by atoms with Crippen LogP contribution in [0.1, 0.15) is 44.9 Å². The Morgan fingerprint density at radius 2 is 0.804 bits per heavy atom. The van der Waals surface area contributed by atoms with Crippen LogP contribution in [-0.4, -0.2) is 4.57 Å². The van der Waals surface area contributed by atoms with Gasteiger partial charge in [-0.2, -0.15) is 0 Å². The van der Waals surface area contributed by atoms with Crippen molar-refractivity contribution < 1.29 is 0 Å². The first-order valence-electron chi connectivity index (χ1n) is 18.0. The monoisotopic (exact) mass is 645 g/mol. The SMILES string of the molecule is c1ccc2c(c1)-c1ccccc1C2c1ccc2c(c1)C1(c3ccccc3-c3ccccc31)c1cc(-n3c4ccccc4c4ccccc43)ccc1-2. The summed E-state index contributed by atoms with van der Waals surface area (Å²) < 4.78 is 2.46. The number of hydrogen-bond donors (Lipinski definition) is 0. The van der Waals surface area contributed by atoms with Crippen molar-refractivity contribution in [2.45, 2.75) is 11.3 Å². The van der Waals surface area contributed by atoms with Crippen LogP contribution < -0.4 is 0 Å². The van der Waals surface area contributed by atoms with E-state index in [2.05, 4.69) is 187 Å². The van der Waals surface area contributed by atoms with E-state index in [1.165, 1.54) is 99.8 Å². The van der Waals surface area contributed by atoms with Gasteiger partial charge in [0.2, 0.25) is 0 Å². The fourth-order valence-electron chi connectivity index (χ4n) is 10.2. The first kappa shape index (κ1) is 27.4. The quantitative estimate of drug-likeness (QED) is 0.176. The molecule has 0 aliphatic heterocycles. The highest BCUT2D eigenvalue weighted by molar-refractivity contribution is 6.09. The molecule has 0 saturated carbocycles. The Balaban J connectivity index is 1.17. The topological polar surface area (TPSA) is 4.93 Å². The average Bonchev–Trinajstić information content (AvgIpc) is 3.90. The van der Waals surface area contributed by atoms with Gasteiger partial charge in [0, 0.05) is 22.4 Å². The van der Waals surface area contributed by atoms with E-state index in [1.54, 1.807) is 0 Å². The van der Waals surface area contributed by atoms with Gasteiger partial charge in [-0.3, -0.25) is 0 Å². The van der Waals surface area contributed by atoms with Crippen molar-refractivity contribution in [3.63, 3.8) is 0 Å². The molecule has 0 saturated heterocycles. The molecule has 0 radical (unpaired) electrons. The lowest BCUT2D eigenvalue weighted by Gasteiger charge is -2.31. The van der Waals surface area contributed by atoms with Crippen molar-refractivity contribution in [2.75, 3.05) is 0 Å². The molecule has 8 aromatic carbocycles. The van der Waals surface area contributed by atoms with Gasteiger partial charge in [0.15, 0.2) is 0 Å². The van der Waals surface area contributed by atoms with Gasteiger partial charge in [0.1, 0.15) is 0 Å². The molecule has 0 amide bonds. The number of fused-ring (bicyclic) bond motifs is 16. The molecule has 1 spiro atoms. The Hall–Kier alpha value is -6.44. The largest absolute Gasteiger partial charge is 0.309 e. The highest BCUT2D eigenvalue weighted by Gasteiger charge is 2.52. The van der Waals surface area contributed by atoms with Crippen molar-refractivity contribution >= 4 is 21.8 Å². The average molecular weight is 646 g/mol. The van der Waals surface area contributed by atoms with Gasteiger partial charge in [-0.1, -0.05) is 158 Å². The summed E-state index contributed by atoms with van der Waals surface area (Å²) in [7, 11) is 0. The second-order valence-corrected chi connectivity index (χ2v) is 14.4. The van der Waals surface area contributed by atoms with Gasteiger partial charge in [0.05, 0.1) is 16.4 Å². The highest BCUT2D eigenvalue weighted by atomic mass is 15.0. The maximum Gasteiger partial charge on any atom is 0.0726 e. The third kappa shape index (κ3) is 3.36. The first-order valence-corrected chi connectivity index (χ1v) is 18.0. The highest BCUT2D eigenvalue weighted by Crippen LogP contribution is 2.63. The Morgan fingerprint density at radius 3 is 1.41 bits per heavy atom. The van der Waals surface area contributed by atoms with Crippen molar-refractivity contribution in [3.05, 3.63) is 221 Å². The first-order chi connectivity index (χ1) is 25.3. The zero-order chi connectivity index (χ0) is 33.3. The molecule has 9 aromatic rings. The van der Waals surface area contributed by atoms with Crippen molar-refractivity contribution in [1.29, 1.82) is 0 Å². The molecule has 51 heavy (non-hydrogen) atoms. The summed E-state index contributed by atoms with van der Waals surface area (Å²) in [5.41, 5.74) is 20.8. The smallest absolute Gasteiger partial charge is 0.0726 e. The van der Waals surface area contributed by atoms with Crippen molar-refractivity contribution in [2.24, 2.45) is 0 Å². The summed E-state index contributed by atoms with van der Waals surface area (Å²) in [6.45, 7) is 0. The molecule has 1 aromatic heterocycles. The second kappa shape index (κ2) is 9.84. The van der Waals surface area contributed by atoms with E-state index in [4.69, 9.17) is 0 Å². The van der Waals surface area contributed by atoms with E-state index in [0.717, 1.165) is 0 Å². The number of benzene rings is 8. The molecule has 0 N–H and O–H groups in total. The summed E-state index contributed by atoms with van der Waals surface area (Å²) >= 11 is 0. The molecule has 236 valence electrons. The zero-order valence-electron chi connectivity index (χ0n) is 27.8. The van der Waals surface area contributed by atoms with Gasteiger partial charge in [-0.15, -0.1) is 0 Å². The third-order valence-corrected chi connectivity index (χ3v) is 12.1. The van der Waals surface area contributed by atoms with E-state index in [-0.39, 0.29) is 5.92 Å². The molecule has 3 aliphatic rings. The lowest BCUT2D eigenvalue weighted by molar-refractivity contribution is 0.789. The molecular weight excluding hydrogens is 615 g/mol. The molecule has 3 aliphatic carbocycles. The lowest BCUT2D eigenvalue weighted by atomic mass is 9.70. The normalized spacial score (nSPS) is 14.4. The summed E-state index contributed by atoms with van der Waals surface area (Å²) in [4.78, 5) is 0. The Kier molecular flexibility index (Phi) is 5.28. The number of nitrogens with zero attached hydrogens (tertiary/aromatic N) is 1. The zero-order valence-corrected chi connectivity index (χ0v) is 27.8. The van der Waals surface area contributed by atoms with Gasteiger partial charge < -0.3 is 4.57 Å². The number of para-hydroxylation sites is 2. The minimum atomic E-state index is -0.444. The molecule has 1 nitrogen and oxygen atoms in total. The summed E-state index contributed by atoms with van der Waals surface area (Å²) in [5, 5.41) is 2.56. The summed E-state index contributed by atoms with van der Waals surface area (Å²) in [5.74, 6) is 0.184. The van der Waals surface area contributed by atoms with Crippen LogP contribution >= 0.6 is 0 Å². The summed E-state index contributed by atoms with van der Waals surface area (Å²) in [6, 6.07) is 68.5. The van der Waals surface area contributed by atoms with E-state index in [9.17, 15) is 0 Å². The van der Waals surface area contributed by atoms with Crippen LogP contribution in [0, 0.1) is 0 Å². The van der Waals surface area contributed by atoms with Gasteiger partial charge >= 0.3 is 0 Å². The van der Waals surface area contributed by atoms with Crippen molar-refractivity contribution in [1.82, 2.24) is 4.57 Å². The third-order valence-electron chi connectivity index (χ3n) is 12.1. The molecule has 1 heterocycles. The molecular formula is C50H31N. The van der Waals surface area contributed by atoms with E-state index in [1.807, 2.05) is 0 Å². The minimum Gasteiger partial charge on any atom is -0.309 e. The van der Waals surface area contributed by atoms with E-state index < -0.39 is 5.41 Å². The van der Waals surface area contributed by atoms with Gasteiger partial charge in [-0.05, 0) is 96.6 Å². The van der Waals surface area contributed by atoms with Crippen LogP contribution in [0.15, 0.2) is 182 Å². The molecule has 1 heteroatoms. The standard InChI is InChI=1S/C50H31N/c1-3-19-41-33(13-1)34-14-2-4-20-42(34)49(41)31-25-27-37-38-28-26-32(51-47-23-11-7-17-39(47)40-18-8-12-24-48(40)51)30-46(38)50(45(37)29-31)43-21-9-5-15-35(43)36-16-6-10-22-44(36)50/h1-30,49H. The van der Waals surface area contributed by atoms with E-state index >= 15 is 0 Å². The number of aromatic nitrogens is 1. The maximum atomic E-state index is 2.57. The Morgan fingerprint density at radius 1 is 0.353 bits per heavy atom.